The van der Waals surface area contributed by atoms with Gasteiger partial charge in [0.15, 0.2) is 0 Å². The van der Waals surface area contributed by atoms with Crippen molar-refractivity contribution in [2.45, 2.75) is 154 Å². The number of rotatable bonds is 8. The lowest BCUT2D eigenvalue weighted by molar-refractivity contribution is -0.165. The predicted octanol–water partition coefficient (Wildman–Crippen LogP) is 9.71. The van der Waals surface area contributed by atoms with Gasteiger partial charge in [-0.1, -0.05) is 115 Å². The van der Waals surface area contributed by atoms with Gasteiger partial charge in [0.1, 0.15) is 5.60 Å². The number of benzene rings is 1. The number of carbonyl (C=O) groups excluding carboxylic acids is 1. The molecule has 1 aromatic carbocycles. The average molecular weight is 533 g/mol. The third-order valence-corrected chi connectivity index (χ3v) is 9.71. The first-order valence-electron chi connectivity index (χ1n) is 15.3. The highest BCUT2D eigenvalue weighted by molar-refractivity contribution is 7.85. The molecular formula is C33H56O3S. The maximum atomic E-state index is 13.9. The summed E-state index contributed by atoms with van der Waals surface area (Å²) in [6.07, 6.45) is 20.0. The van der Waals surface area contributed by atoms with E-state index in [0.717, 1.165) is 49.8 Å². The van der Waals surface area contributed by atoms with E-state index in [0.29, 0.717) is 5.75 Å². The number of esters is 1. The molecule has 37 heavy (non-hydrogen) atoms. The first-order valence-corrected chi connectivity index (χ1v) is 16.7. The Labute approximate surface area is 231 Å². The minimum atomic E-state index is -1.14. The van der Waals surface area contributed by atoms with E-state index in [9.17, 15) is 9.00 Å². The summed E-state index contributed by atoms with van der Waals surface area (Å²) >= 11 is 0. The molecule has 1 aliphatic rings. The lowest BCUT2D eigenvalue weighted by Gasteiger charge is -2.41. The number of aryl methyl sites for hydroxylation is 1. The molecule has 1 fully saturated rings. The quantitative estimate of drug-likeness (QED) is 0.313. The van der Waals surface area contributed by atoms with Crippen LogP contribution in [0.3, 0.4) is 0 Å². The smallest absolute Gasteiger partial charge is 0.310 e. The van der Waals surface area contributed by atoms with Crippen LogP contribution in [0.5, 0.6) is 0 Å². The third kappa shape index (κ3) is 12.1. The lowest BCUT2D eigenvalue weighted by atomic mass is 9.68. The molecule has 1 saturated carbocycles. The number of carbonyl (C=O) groups is 1. The highest BCUT2D eigenvalue weighted by Crippen LogP contribution is 2.45. The molecular weight excluding hydrogens is 476 g/mol. The van der Waals surface area contributed by atoms with Gasteiger partial charge in [0.2, 0.25) is 0 Å². The van der Waals surface area contributed by atoms with Crippen molar-refractivity contribution in [3.05, 3.63) is 29.8 Å². The van der Waals surface area contributed by atoms with Crippen molar-refractivity contribution in [2.75, 3.05) is 5.75 Å². The van der Waals surface area contributed by atoms with Gasteiger partial charge in [-0.2, -0.15) is 0 Å². The summed E-state index contributed by atoms with van der Waals surface area (Å²) in [6.45, 7) is 10.2. The third-order valence-electron chi connectivity index (χ3n) is 8.08. The molecule has 1 aromatic rings. The summed E-state index contributed by atoms with van der Waals surface area (Å²) in [5, 5.41) is 0. The largest absolute Gasteiger partial charge is 0.460 e. The van der Waals surface area contributed by atoms with E-state index in [4.69, 9.17) is 4.74 Å². The summed E-state index contributed by atoms with van der Waals surface area (Å²) in [5.74, 6) is 0.292. The zero-order chi connectivity index (χ0) is 27.2. The fourth-order valence-electron chi connectivity index (χ4n) is 5.93. The van der Waals surface area contributed by atoms with Crippen LogP contribution in [-0.2, 0) is 20.3 Å². The topological polar surface area (TPSA) is 43.4 Å². The fourth-order valence-corrected chi connectivity index (χ4v) is 7.55. The Morgan fingerprint density at radius 3 is 1.76 bits per heavy atom. The van der Waals surface area contributed by atoms with Gasteiger partial charge in [0.05, 0.1) is 16.7 Å². The number of ether oxygens (including phenoxy) is 1. The van der Waals surface area contributed by atoms with Crippen LogP contribution in [0.15, 0.2) is 29.2 Å². The van der Waals surface area contributed by atoms with Crippen LogP contribution in [-0.4, -0.2) is 21.5 Å². The zero-order valence-corrected chi connectivity index (χ0v) is 25.6. The van der Waals surface area contributed by atoms with Gasteiger partial charge in [0, 0.05) is 10.6 Å². The Kier molecular flexibility index (Phi) is 14.5. The normalized spacial score (nSPS) is 20.2. The summed E-state index contributed by atoms with van der Waals surface area (Å²) in [4.78, 5) is 14.7. The first kappa shape index (κ1) is 32.1. The zero-order valence-electron chi connectivity index (χ0n) is 24.7. The molecule has 0 saturated heterocycles. The van der Waals surface area contributed by atoms with Crippen LogP contribution >= 0.6 is 0 Å². The lowest BCUT2D eigenvalue weighted by Crippen LogP contribution is -2.43. The summed E-state index contributed by atoms with van der Waals surface area (Å²) in [7, 11) is -1.14. The summed E-state index contributed by atoms with van der Waals surface area (Å²) in [5.41, 5.74) is 0.380. The van der Waals surface area contributed by atoms with Crippen molar-refractivity contribution in [2.24, 2.45) is 11.3 Å². The van der Waals surface area contributed by atoms with Crippen molar-refractivity contribution in [3.63, 3.8) is 0 Å². The second-order valence-electron chi connectivity index (χ2n) is 12.6. The van der Waals surface area contributed by atoms with E-state index >= 15 is 0 Å². The minimum absolute atomic E-state index is 0.0697. The molecule has 2 atom stereocenters. The van der Waals surface area contributed by atoms with E-state index in [1.807, 2.05) is 32.9 Å². The number of hydrogen-bond acceptors (Lipinski definition) is 3. The molecule has 0 spiro atoms. The Balaban J connectivity index is 2.42. The molecule has 2 rings (SSSR count). The predicted molar refractivity (Wildman–Crippen MR) is 158 cm³/mol. The van der Waals surface area contributed by atoms with E-state index in [2.05, 4.69) is 26.0 Å². The van der Waals surface area contributed by atoms with Gasteiger partial charge in [-0.25, -0.2) is 0 Å². The minimum Gasteiger partial charge on any atom is -0.460 e. The van der Waals surface area contributed by atoms with Gasteiger partial charge in [0.25, 0.3) is 0 Å². The van der Waals surface area contributed by atoms with Gasteiger partial charge in [-0.3, -0.25) is 9.00 Å². The van der Waals surface area contributed by atoms with Crippen LogP contribution in [0.25, 0.3) is 0 Å². The summed E-state index contributed by atoms with van der Waals surface area (Å²) < 4.78 is 20.0. The number of hydrogen-bond donors (Lipinski definition) is 0. The molecule has 0 aromatic heterocycles. The number of unbranched alkanes of at least 4 members (excludes halogenated alkanes) is 1. The molecule has 212 valence electrons. The molecule has 4 heteroatoms. The van der Waals surface area contributed by atoms with E-state index in [1.54, 1.807) is 0 Å². The van der Waals surface area contributed by atoms with E-state index in [-0.39, 0.29) is 17.3 Å². The maximum Gasteiger partial charge on any atom is 0.310 e. The average Bonchev–Trinajstić information content (AvgIpc) is 2.84. The van der Waals surface area contributed by atoms with Crippen LogP contribution in [0.4, 0.5) is 0 Å². The van der Waals surface area contributed by atoms with Crippen molar-refractivity contribution in [3.8, 4) is 0 Å². The fraction of sp³-hybridized carbons (Fsp3) is 0.788. The first-order chi connectivity index (χ1) is 17.7. The van der Waals surface area contributed by atoms with Gasteiger partial charge in [-0.15, -0.1) is 0 Å². The van der Waals surface area contributed by atoms with Crippen LogP contribution in [0.2, 0.25) is 0 Å². The van der Waals surface area contributed by atoms with Crippen molar-refractivity contribution in [1.29, 1.82) is 0 Å². The monoisotopic (exact) mass is 532 g/mol. The van der Waals surface area contributed by atoms with Gasteiger partial charge >= 0.3 is 5.97 Å². The van der Waals surface area contributed by atoms with Crippen molar-refractivity contribution < 1.29 is 13.7 Å². The van der Waals surface area contributed by atoms with Crippen LogP contribution in [0.1, 0.15) is 142 Å². The van der Waals surface area contributed by atoms with Crippen molar-refractivity contribution in [1.82, 2.24) is 0 Å². The highest BCUT2D eigenvalue weighted by atomic mass is 32.2. The van der Waals surface area contributed by atoms with E-state index < -0.39 is 16.4 Å². The molecule has 0 bridgehead atoms. The van der Waals surface area contributed by atoms with Gasteiger partial charge in [-0.05, 0) is 64.5 Å². The SMILES string of the molecule is CCCC[C@@H](C(=O)OC(C)(C)C)C1(CS(=O)c2ccc(C)cc2)CCCCCCCCCCCCCC1. The molecule has 0 amide bonds. The van der Waals surface area contributed by atoms with Gasteiger partial charge < -0.3 is 4.74 Å². The Morgan fingerprint density at radius 2 is 1.32 bits per heavy atom. The van der Waals surface area contributed by atoms with Crippen LogP contribution < -0.4 is 0 Å². The Bertz CT molecular complexity index is 777. The summed E-state index contributed by atoms with van der Waals surface area (Å²) in [6, 6.07) is 8.14. The Hall–Kier alpha value is -1.16. The standard InChI is InChI=1S/C33H56O3S/c1-6-7-20-30(31(34)36-32(3,4)5)33(27-37(35)29-23-21-28(2)22-24-29)25-18-16-14-12-10-8-9-11-13-15-17-19-26-33/h21-24,30H,6-20,25-27H2,1-5H3/t30-,37?/m0/s1. The molecule has 1 aliphatic carbocycles. The molecule has 0 heterocycles. The molecule has 3 nitrogen and oxygen atoms in total. The molecule has 1 unspecified atom stereocenters. The Morgan fingerprint density at radius 1 is 0.865 bits per heavy atom. The highest BCUT2D eigenvalue weighted by Gasteiger charge is 2.44. The molecule has 0 aliphatic heterocycles. The van der Waals surface area contributed by atoms with Crippen molar-refractivity contribution >= 4 is 16.8 Å². The maximum absolute atomic E-state index is 13.9. The molecule has 0 radical (unpaired) electrons. The second-order valence-corrected chi connectivity index (χ2v) is 14.1. The van der Waals surface area contributed by atoms with Crippen LogP contribution in [0, 0.1) is 18.3 Å². The van der Waals surface area contributed by atoms with E-state index in [1.165, 1.54) is 69.8 Å². The second kappa shape index (κ2) is 16.7. The molecule has 0 N–H and O–H groups in total.